The van der Waals surface area contributed by atoms with Gasteiger partial charge in [-0.05, 0) is 102 Å². The Hall–Kier alpha value is -1.12. The summed E-state index contributed by atoms with van der Waals surface area (Å²) < 4.78 is 13.7. The van der Waals surface area contributed by atoms with Gasteiger partial charge in [-0.3, -0.25) is 0 Å². The van der Waals surface area contributed by atoms with Crippen LogP contribution in [0.4, 0.5) is 0 Å². The summed E-state index contributed by atoms with van der Waals surface area (Å²) in [4.78, 5) is 0. The van der Waals surface area contributed by atoms with Crippen LogP contribution >= 0.6 is 0 Å². The van der Waals surface area contributed by atoms with Gasteiger partial charge in [0, 0.05) is 12.8 Å². The Labute approximate surface area is 294 Å². The number of rotatable bonds is 31. The fourth-order valence-electron chi connectivity index (χ4n) is 7.52. The number of hydrogen-bond acceptors (Lipinski definition) is 2. The van der Waals surface area contributed by atoms with Crippen LogP contribution in [-0.2, 0) is 9.47 Å². The lowest BCUT2D eigenvalue weighted by Gasteiger charge is -2.29. The summed E-state index contributed by atoms with van der Waals surface area (Å²) in [6.07, 6.45) is 58.1. The molecule has 2 aliphatic rings. The molecule has 0 unspecified atom stereocenters. The molecular formula is C45H80O2. The molecule has 0 amide bonds. The van der Waals surface area contributed by atoms with E-state index in [9.17, 15) is 0 Å². The smallest absolute Gasteiger partial charge is 0.169 e. The van der Waals surface area contributed by atoms with Crippen LogP contribution in [-0.4, -0.2) is 18.0 Å². The lowest BCUT2D eigenvalue weighted by Crippen LogP contribution is -2.31. The van der Waals surface area contributed by atoms with E-state index in [0.717, 1.165) is 31.6 Å². The molecular weight excluding hydrogens is 572 g/mol. The summed E-state index contributed by atoms with van der Waals surface area (Å²) in [6.45, 7) is 6.89. The second kappa shape index (κ2) is 29.8. The van der Waals surface area contributed by atoms with Crippen molar-refractivity contribution in [2.45, 2.75) is 231 Å². The molecule has 2 heteroatoms. The predicted octanol–water partition coefficient (Wildman–Crippen LogP) is 15.1. The summed E-state index contributed by atoms with van der Waals surface area (Å²) in [7, 11) is 0. The summed E-state index contributed by atoms with van der Waals surface area (Å²) >= 11 is 0. The maximum absolute atomic E-state index is 6.89. The van der Waals surface area contributed by atoms with Crippen molar-refractivity contribution in [3.63, 3.8) is 0 Å². The number of unbranched alkanes of at least 4 members (excludes halogenated alkanes) is 18. The van der Waals surface area contributed by atoms with E-state index in [2.05, 4.69) is 69.4 Å². The highest BCUT2D eigenvalue weighted by Gasteiger charge is 2.48. The zero-order valence-electron chi connectivity index (χ0n) is 31.9. The lowest BCUT2D eigenvalue weighted by molar-refractivity contribution is -0.186. The molecule has 1 heterocycles. The fraction of sp³-hybridized carbons (Fsp3) is 0.822. The molecule has 3 atom stereocenters. The largest absolute Gasteiger partial charge is 0.344 e. The molecule has 1 saturated carbocycles. The molecule has 1 aliphatic heterocycles. The standard InChI is InChI=1S/C45H80O2/c1-4-7-9-11-13-15-17-19-21-23-25-27-29-31-33-35-39-45(46-43-38-37-42(6-3)41-44(43)47-45)40-36-34-32-30-28-26-24-22-20-18-16-14-12-10-8-5-2/h13-16,19-22,42-44H,4-12,17-18,23-41H2,1-3H3/b15-13-,16-14-,21-19-,22-20-/t42-,43-,44-/m1/s1. The molecule has 0 aromatic carbocycles. The van der Waals surface area contributed by atoms with Crippen LogP contribution in [0.5, 0.6) is 0 Å². The topological polar surface area (TPSA) is 18.5 Å². The molecule has 0 aromatic rings. The van der Waals surface area contributed by atoms with Gasteiger partial charge in [0.15, 0.2) is 5.79 Å². The minimum atomic E-state index is -0.289. The van der Waals surface area contributed by atoms with Gasteiger partial charge < -0.3 is 9.47 Å². The zero-order valence-corrected chi connectivity index (χ0v) is 31.9. The van der Waals surface area contributed by atoms with Gasteiger partial charge in [0.05, 0.1) is 12.2 Å². The van der Waals surface area contributed by atoms with Crippen LogP contribution < -0.4 is 0 Å². The molecule has 0 spiro atoms. The second-order valence-electron chi connectivity index (χ2n) is 15.0. The van der Waals surface area contributed by atoms with E-state index in [1.807, 2.05) is 0 Å². The maximum atomic E-state index is 6.89. The highest BCUT2D eigenvalue weighted by molar-refractivity contribution is 4.94. The number of ether oxygens (including phenoxy) is 2. The van der Waals surface area contributed by atoms with E-state index in [1.165, 1.54) is 167 Å². The molecule has 0 N–H and O–H groups in total. The van der Waals surface area contributed by atoms with E-state index in [-0.39, 0.29) is 5.79 Å². The number of hydrogen-bond donors (Lipinski definition) is 0. The van der Waals surface area contributed by atoms with Crippen LogP contribution in [0.15, 0.2) is 48.6 Å². The Morgan fingerprint density at radius 1 is 0.447 bits per heavy atom. The van der Waals surface area contributed by atoms with Crippen molar-refractivity contribution in [1.29, 1.82) is 0 Å². The van der Waals surface area contributed by atoms with E-state index in [0.29, 0.717) is 12.2 Å². The van der Waals surface area contributed by atoms with Gasteiger partial charge in [-0.1, -0.05) is 153 Å². The molecule has 2 fully saturated rings. The third kappa shape index (κ3) is 21.6. The van der Waals surface area contributed by atoms with Crippen molar-refractivity contribution in [3.05, 3.63) is 48.6 Å². The van der Waals surface area contributed by atoms with Gasteiger partial charge in [0.25, 0.3) is 0 Å². The highest BCUT2D eigenvalue weighted by Crippen LogP contribution is 2.44. The quantitative estimate of drug-likeness (QED) is 0.0548. The minimum absolute atomic E-state index is 0.289. The third-order valence-electron chi connectivity index (χ3n) is 10.7. The maximum Gasteiger partial charge on any atom is 0.169 e. The lowest BCUT2D eigenvalue weighted by atomic mass is 9.84. The van der Waals surface area contributed by atoms with Crippen molar-refractivity contribution in [3.8, 4) is 0 Å². The first-order valence-corrected chi connectivity index (χ1v) is 21.2. The van der Waals surface area contributed by atoms with Crippen molar-refractivity contribution in [1.82, 2.24) is 0 Å². The third-order valence-corrected chi connectivity index (χ3v) is 10.7. The van der Waals surface area contributed by atoms with Crippen molar-refractivity contribution < 1.29 is 9.47 Å². The normalized spacial score (nSPS) is 21.3. The Morgan fingerprint density at radius 2 is 0.851 bits per heavy atom. The second-order valence-corrected chi connectivity index (χ2v) is 15.0. The first-order chi connectivity index (χ1) is 23.2. The first kappa shape index (κ1) is 42.0. The Bertz CT molecular complexity index is 759. The Kier molecular flexibility index (Phi) is 26.6. The Morgan fingerprint density at radius 3 is 1.30 bits per heavy atom. The summed E-state index contributed by atoms with van der Waals surface area (Å²) in [5.41, 5.74) is 0. The molecule has 1 saturated heterocycles. The van der Waals surface area contributed by atoms with Crippen molar-refractivity contribution >= 4 is 0 Å². The van der Waals surface area contributed by atoms with Crippen LogP contribution in [0, 0.1) is 5.92 Å². The van der Waals surface area contributed by atoms with Gasteiger partial charge in [0.2, 0.25) is 0 Å². The zero-order chi connectivity index (χ0) is 33.5. The summed E-state index contributed by atoms with van der Waals surface area (Å²) in [5, 5.41) is 0. The fourth-order valence-corrected chi connectivity index (χ4v) is 7.52. The van der Waals surface area contributed by atoms with Gasteiger partial charge >= 0.3 is 0 Å². The van der Waals surface area contributed by atoms with Crippen LogP contribution in [0.3, 0.4) is 0 Å². The molecule has 1 aliphatic carbocycles. The Balaban J connectivity index is 1.56. The highest BCUT2D eigenvalue weighted by atomic mass is 16.8. The molecule has 2 nitrogen and oxygen atoms in total. The van der Waals surface area contributed by atoms with Crippen molar-refractivity contribution in [2.24, 2.45) is 5.92 Å². The molecule has 47 heavy (non-hydrogen) atoms. The van der Waals surface area contributed by atoms with E-state index in [1.54, 1.807) is 0 Å². The number of allylic oxidation sites excluding steroid dienone is 8. The van der Waals surface area contributed by atoms with Crippen molar-refractivity contribution in [2.75, 3.05) is 0 Å². The summed E-state index contributed by atoms with van der Waals surface area (Å²) in [6, 6.07) is 0. The van der Waals surface area contributed by atoms with Gasteiger partial charge in [0.1, 0.15) is 0 Å². The van der Waals surface area contributed by atoms with Gasteiger partial charge in [-0.25, -0.2) is 0 Å². The summed E-state index contributed by atoms with van der Waals surface area (Å²) in [5.74, 6) is 0.544. The SMILES string of the molecule is CCCCC/C=C\C/C=C\CCCCCCCCC1(CCCCCCCC/C=C\C/C=C\CCCCC)O[C@@H]2CC[C@@H](CC)C[C@H]2O1. The predicted molar refractivity (Wildman–Crippen MR) is 208 cm³/mol. The molecule has 0 radical (unpaired) electrons. The number of fused-ring (bicyclic) bond motifs is 1. The van der Waals surface area contributed by atoms with Gasteiger partial charge in [-0.15, -0.1) is 0 Å². The molecule has 0 bridgehead atoms. The average Bonchev–Trinajstić information content (AvgIpc) is 3.45. The van der Waals surface area contributed by atoms with Gasteiger partial charge in [-0.2, -0.15) is 0 Å². The molecule has 272 valence electrons. The average molecular weight is 653 g/mol. The molecule has 2 rings (SSSR count). The van der Waals surface area contributed by atoms with E-state index >= 15 is 0 Å². The monoisotopic (exact) mass is 653 g/mol. The van der Waals surface area contributed by atoms with E-state index in [4.69, 9.17) is 9.47 Å². The first-order valence-electron chi connectivity index (χ1n) is 21.2. The van der Waals surface area contributed by atoms with Crippen LogP contribution in [0.1, 0.15) is 213 Å². The van der Waals surface area contributed by atoms with Crippen LogP contribution in [0.2, 0.25) is 0 Å². The van der Waals surface area contributed by atoms with E-state index < -0.39 is 0 Å². The van der Waals surface area contributed by atoms with Crippen LogP contribution in [0.25, 0.3) is 0 Å². The molecule has 0 aromatic heterocycles. The minimum Gasteiger partial charge on any atom is -0.344 e.